The molecule has 214 valence electrons. The Morgan fingerprint density at radius 1 is 0.976 bits per heavy atom. The number of hydrogen-bond donors (Lipinski definition) is 3. The summed E-state index contributed by atoms with van der Waals surface area (Å²) in [6, 6.07) is 19.6. The Labute approximate surface area is 238 Å². The van der Waals surface area contributed by atoms with E-state index in [0.717, 1.165) is 10.8 Å². The number of anilines is 2. The van der Waals surface area contributed by atoms with Crippen molar-refractivity contribution in [3.63, 3.8) is 0 Å². The zero-order valence-electron chi connectivity index (χ0n) is 23.3. The fraction of sp³-hybridized carbons (Fsp3) is 0.406. The molecule has 0 aliphatic carbocycles. The lowest BCUT2D eigenvalue weighted by Crippen LogP contribution is -2.53. The van der Waals surface area contributed by atoms with Gasteiger partial charge in [0, 0.05) is 17.9 Å². The van der Waals surface area contributed by atoms with Crippen LogP contribution in [0.5, 0.6) is 5.75 Å². The molecule has 1 spiro atoms. The van der Waals surface area contributed by atoms with Crippen molar-refractivity contribution in [3.05, 3.63) is 66.7 Å². The molecule has 2 unspecified atom stereocenters. The first-order chi connectivity index (χ1) is 19.9. The van der Waals surface area contributed by atoms with Crippen LogP contribution in [0.15, 0.2) is 66.7 Å². The number of hydrogen-bond acceptors (Lipinski definition) is 6. The standard InChI is InChI=1S/C32H35N3O6/c1-3-31-15-16-32(41-31)26(25(31)28(37)33-22-11-13-24(14-12-22)40-4-2)30(39)35(17-18-36)27(32)29(38)34-23-10-9-20-7-5-6-8-21(20)19-23/h5-14,19,25-27,36H,3-4,15-18H2,1-2H3,(H,33,37)(H,34,38)/t25-,26-,27?,31+,32?/m0/s1. The van der Waals surface area contributed by atoms with Crippen molar-refractivity contribution in [2.24, 2.45) is 11.8 Å². The summed E-state index contributed by atoms with van der Waals surface area (Å²) in [6.45, 7) is 4.06. The molecule has 3 aliphatic rings. The molecule has 3 aromatic rings. The van der Waals surface area contributed by atoms with Gasteiger partial charge in [0.15, 0.2) is 0 Å². The van der Waals surface area contributed by atoms with Gasteiger partial charge in [-0.1, -0.05) is 37.3 Å². The molecule has 3 aromatic carbocycles. The second-order valence-corrected chi connectivity index (χ2v) is 11.1. The van der Waals surface area contributed by atoms with Gasteiger partial charge in [-0.3, -0.25) is 14.4 Å². The monoisotopic (exact) mass is 557 g/mol. The van der Waals surface area contributed by atoms with Gasteiger partial charge in [-0.15, -0.1) is 0 Å². The maximum absolute atomic E-state index is 14.0. The number of aliphatic hydroxyl groups is 1. The molecule has 3 saturated heterocycles. The first-order valence-corrected chi connectivity index (χ1v) is 14.3. The third kappa shape index (κ3) is 4.35. The summed E-state index contributed by atoms with van der Waals surface area (Å²) in [5.74, 6) is -1.94. The molecular formula is C32H35N3O6. The van der Waals surface area contributed by atoms with E-state index in [1.807, 2.05) is 56.3 Å². The normalized spacial score (nSPS) is 28.1. The van der Waals surface area contributed by atoms with Crippen LogP contribution < -0.4 is 15.4 Å². The SMILES string of the molecule is CCOc1ccc(NC(=O)[C@@H]2[C@H]3C(=O)N(CCO)C(C(=O)Nc4ccc5ccccc5c4)C34CC[C@@]2(CC)O4)cc1. The molecule has 3 N–H and O–H groups in total. The fourth-order valence-corrected chi connectivity index (χ4v) is 7.26. The van der Waals surface area contributed by atoms with Gasteiger partial charge in [-0.25, -0.2) is 0 Å². The van der Waals surface area contributed by atoms with E-state index in [0.29, 0.717) is 43.0 Å². The lowest BCUT2D eigenvalue weighted by Gasteiger charge is -2.33. The molecule has 0 radical (unpaired) electrons. The van der Waals surface area contributed by atoms with Crippen molar-refractivity contribution in [2.45, 2.75) is 50.4 Å². The highest BCUT2D eigenvalue weighted by atomic mass is 16.5. The number of benzene rings is 3. The quantitative estimate of drug-likeness (QED) is 0.367. The third-order valence-corrected chi connectivity index (χ3v) is 9.00. The second kappa shape index (κ2) is 10.5. The molecule has 9 heteroatoms. The van der Waals surface area contributed by atoms with Gasteiger partial charge in [-0.05, 0) is 73.4 Å². The van der Waals surface area contributed by atoms with Crippen LogP contribution in [0.4, 0.5) is 11.4 Å². The van der Waals surface area contributed by atoms with Gasteiger partial charge in [0.1, 0.15) is 17.4 Å². The van der Waals surface area contributed by atoms with Crippen LogP contribution >= 0.6 is 0 Å². The lowest BCUT2D eigenvalue weighted by molar-refractivity contribution is -0.144. The minimum atomic E-state index is -1.16. The van der Waals surface area contributed by atoms with E-state index in [4.69, 9.17) is 9.47 Å². The van der Waals surface area contributed by atoms with Gasteiger partial charge in [-0.2, -0.15) is 0 Å². The Balaban J connectivity index is 1.31. The molecule has 0 aromatic heterocycles. The molecule has 9 nitrogen and oxygen atoms in total. The van der Waals surface area contributed by atoms with E-state index in [2.05, 4.69) is 10.6 Å². The van der Waals surface area contributed by atoms with Gasteiger partial charge >= 0.3 is 0 Å². The van der Waals surface area contributed by atoms with Crippen LogP contribution in [0.2, 0.25) is 0 Å². The van der Waals surface area contributed by atoms with Crippen molar-refractivity contribution in [2.75, 3.05) is 30.4 Å². The molecular weight excluding hydrogens is 522 g/mol. The smallest absolute Gasteiger partial charge is 0.250 e. The van der Waals surface area contributed by atoms with Crippen LogP contribution in [0.3, 0.4) is 0 Å². The Kier molecular flexibility index (Phi) is 6.95. The van der Waals surface area contributed by atoms with E-state index < -0.39 is 29.1 Å². The number of ether oxygens (including phenoxy) is 2. The van der Waals surface area contributed by atoms with Crippen LogP contribution in [-0.4, -0.2) is 64.7 Å². The number of amides is 3. The van der Waals surface area contributed by atoms with Gasteiger partial charge in [0.25, 0.3) is 0 Å². The van der Waals surface area contributed by atoms with Gasteiger partial charge in [0.05, 0.1) is 30.7 Å². The van der Waals surface area contributed by atoms with Crippen molar-refractivity contribution in [1.29, 1.82) is 0 Å². The number of nitrogens with zero attached hydrogens (tertiary/aromatic N) is 1. The van der Waals surface area contributed by atoms with Crippen LogP contribution in [0, 0.1) is 11.8 Å². The zero-order valence-corrected chi connectivity index (χ0v) is 23.3. The Morgan fingerprint density at radius 2 is 1.68 bits per heavy atom. The molecule has 3 fully saturated rings. The number of β-amino-alcohol motifs (C(OH)–C–C–N with tert-alkyl or cyclic N) is 1. The van der Waals surface area contributed by atoms with E-state index in [-0.39, 0.29) is 30.9 Å². The summed E-state index contributed by atoms with van der Waals surface area (Å²) in [4.78, 5) is 43.3. The van der Waals surface area contributed by atoms with Crippen LogP contribution in [0.1, 0.15) is 33.1 Å². The number of rotatable bonds is 9. The van der Waals surface area contributed by atoms with E-state index in [1.54, 1.807) is 24.3 Å². The summed E-state index contributed by atoms with van der Waals surface area (Å²) in [7, 11) is 0. The number of nitrogens with one attached hydrogen (secondary N) is 2. The average Bonchev–Trinajstić information content (AvgIpc) is 3.58. The van der Waals surface area contributed by atoms with E-state index in [1.165, 1.54) is 4.90 Å². The third-order valence-electron chi connectivity index (χ3n) is 9.00. The number of aliphatic hydroxyl groups excluding tert-OH is 1. The Morgan fingerprint density at radius 3 is 2.39 bits per heavy atom. The predicted octanol–water partition coefficient (Wildman–Crippen LogP) is 3.96. The first-order valence-electron chi connectivity index (χ1n) is 14.3. The first kappa shape index (κ1) is 27.2. The predicted molar refractivity (Wildman–Crippen MR) is 154 cm³/mol. The maximum atomic E-state index is 14.0. The highest BCUT2D eigenvalue weighted by molar-refractivity contribution is 6.06. The number of fused-ring (bicyclic) bond motifs is 2. The average molecular weight is 558 g/mol. The van der Waals surface area contributed by atoms with Gasteiger partial charge in [0.2, 0.25) is 17.7 Å². The highest BCUT2D eigenvalue weighted by Crippen LogP contribution is 2.64. The van der Waals surface area contributed by atoms with Crippen LogP contribution in [0.25, 0.3) is 10.8 Å². The lowest BCUT2D eigenvalue weighted by atomic mass is 9.65. The molecule has 3 amide bonds. The largest absolute Gasteiger partial charge is 0.494 e. The summed E-state index contributed by atoms with van der Waals surface area (Å²) >= 11 is 0. The summed E-state index contributed by atoms with van der Waals surface area (Å²) in [5, 5.41) is 17.9. The molecule has 3 heterocycles. The van der Waals surface area contributed by atoms with Crippen molar-refractivity contribution in [1.82, 2.24) is 4.90 Å². The maximum Gasteiger partial charge on any atom is 0.250 e. The summed E-state index contributed by atoms with van der Waals surface area (Å²) in [5.41, 5.74) is -0.829. The highest BCUT2D eigenvalue weighted by Gasteiger charge is 2.78. The van der Waals surface area contributed by atoms with Crippen molar-refractivity contribution >= 4 is 39.9 Å². The topological polar surface area (TPSA) is 117 Å². The second-order valence-electron chi connectivity index (χ2n) is 11.1. The fourth-order valence-electron chi connectivity index (χ4n) is 7.26. The minimum absolute atomic E-state index is 0.0252. The number of carbonyl (C=O) groups excluding carboxylic acids is 3. The van der Waals surface area contributed by atoms with E-state index >= 15 is 0 Å². The Bertz CT molecular complexity index is 1490. The molecule has 6 rings (SSSR count). The zero-order chi connectivity index (χ0) is 28.8. The molecule has 0 saturated carbocycles. The molecule has 5 atom stereocenters. The van der Waals surface area contributed by atoms with Gasteiger partial charge < -0.3 is 30.1 Å². The molecule has 41 heavy (non-hydrogen) atoms. The molecule has 3 aliphatic heterocycles. The summed E-state index contributed by atoms with van der Waals surface area (Å²) < 4.78 is 12.2. The number of likely N-dealkylation sites (tertiary alicyclic amines) is 1. The van der Waals surface area contributed by atoms with Crippen molar-refractivity contribution < 1.29 is 29.0 Å². The van der Waals surface area contributed by atoms with Crippen molar-refractivity contribution in [3.8, 4) is 5.75 Å². The van der Waals surface area contributed by atoms with E-state index in [9.17, 15) is 19.5 Å². The van der Waals surface area contributed by atoms with Crippen LogP contribution in [-0.2, 0) is 19.1 Å². The molecule has 2 bridgehead atoms. The minimum Gasteiger partial charge on any atom is -0.494 e. The number of carbonyl (C=O) groups is 3. The Hall–Kier alpha value is -3.95. The summed E-state index contributed by atoms with van der Waals surface area (Å²) in [6.07, 6.45) is 1.56.